The highest BCUT2D eigenvalue weighted by Crippen LogP contribution is 2.53. The van der Waals surface area contributed by atoms with E-state index in [0.717, 1.165) is 61.8 Å². The van der Waals surface area contributed by atoms with Crippen LogP contribution in [0, 0.1) is 11.3 Å². The summed E-state index contributed by atoms with van der Waals surface area (Å²) < 4.78 is 18.2. The largest absolute Gasteiger partial charge is 0.342 e. The number of hydrogen-bond acceptors (Lipinski definition) is 6. The summed E-state index contributed by atoms with van der Waals surface area (Å²) in [7, 11) is -1.08. The van der Waals surface area contributed by atoms with Crippen LogP contribution in [0.2, 0.25) is 0 Å². The molecule has 1 saturated heterocycles. The second-order valence-corrected chi connectivity index (χ2v) is 16.6. The van der Waals surface area contributed by atoms with Crippen LogP contribution in [0.1, 0.15) is 64.0 Å². The molecule has 218 valence electrons. The third kappa shape index (κ3) is 5.55. The number of fused-ring (bicyclic) bond motifs is 2. The Labute approximate surface area is 255 Å². The van der Waals surface area contributed by atoms with Gasteiger partial charge < -0.3 is 4.90 Å². The second kappa shape index (κ2) is 11.5. The summed E-state index contributed by atoms with van der Waals surface area (Å²) in [4.78, 5) is 16.1. The molecule has 6 rings (SSSR count). The van der Waals surface area contributed by atoms with E-state index in [-0.39, 0.29) is 10.2 Å². The van der Waals surface area contributed by atoms with Crippen molar-refractivity contribution in [3.05, 3.63) is 75.9 Å². The number of rotatable bonds is 7. The normalized spacial score (nSPS) is 23.0. The zero-order chi connectivity index (χ0) is 28.8. The van der Waals surface area contributed by atoms with Crippen LogP contribution in [-0.2, 0) is 17.4 Å². The Balaban J connectivity index is 1.23. The van der Waals surface area contributed by atoms with Crippen molar-refractivity contribution in [2.75, 3.05) is 30.8 Å². The third-order valence-corrected chi connectivity index (χ3v) is 12.8. The Bertz CT molecular complexity index is 1510. The van der Waals surface area contributed by atoms with Crippen LogP contribution >= 0.6 is 23.5 Å². The molecule has 3 aromatic rings. The van der Waals surface area contributed by atoms with Gasteiger partial charge in [-0.2, -0.15) is 0 Å². The van der Waals surface area contributed by atoms with Crippen molar-refractivity contribution in [2.24, 2.45) is 11.3 Å². The minimum atomic E-state index is -1.08. The molecule has 6 nitrogen and oxygen atoms in total. The summed E-state index contributed by atoms with van der Waals surface area (Å²) in [6.45, 7) is 11.1. The molecule has 2 aromatic heterocycles. The number of nitrogens with zero attached hydrogens (tertiary/aromatic N) is 4. The number of benzene rings is 1. The molecule has 3 aliphatic rings. The average Bonchev–Trinajstić information content (AvgIpc) is 3.56. The molecule has 2 aliphatic carbocycles. The number of aromatic nitrogens is 3. The molecule has 3 atom stereocenters. The van der Waals surface area contributed by atoms with Crippen molar-refractivity contribution in [2.45, 2.75) is 68.9 Å². The van der Waals surface area contributed by atoms with Crippen molar-refractivity contribution >= 4 is 46.1 Å². The summed E-state index contributed by atoms with van der Waals surface area (Å²) in [6.07, 6.45) is 17.0. The minimum Gasteiger partial charge on any atom is -0.342 e. The van der Waals surface area contributed by atoms with Crippen molar-refractivity contribution in [1.82, 2.24) is 19.1 Å². The van der Waals surface area contributed by atoms with Crippen LogP contribution in [-0.4, -0.2) is 49.2 Å². The highest BCUT2D eigenvalue weighted by Gasteiger charge is 2.47. The lowest BCUT2D eigenvalue weighted by atomic mass is 9.69. The van der Waals surface area contributed by atoms with Gasteiger partial charge in [-0.15, -0.1) is 11.8 Å². The molecule has 0 amide bonds. The predicted octanol–water partition coefficient (Wildman–Crippen LogP) is 6.97. The summed E-state index contributed by atoms with van der Waals surface area (Å²) in [6, 6.07) is 8.89. The first-order valence-electron chi connectivity index (χ1n) is 14.6. The van der Waals surface area contributed by atoms with Gasteiger partial charge in [0.15, 0.2) is 5.65 Å². The number of anilines is 1. The molecule has 3 heterocycles. The standard InChI is InChI=1S/C32H41N5OS3/c1-22-9-8-12-26(39-5)28(22)40-27-21-34-30(37-18-15-33-29(27)37)36-16-13-32(14-17-36)19-23-10-6-7-11-24(23)25(32)20-35-41(38)31(2,3)4/h6-8,10-12,15,18,21-22,25,35H,9,13-14,16-17,19-20H2,1-5H3/t22?,25?,41-/m1/s1. The van der Waals surface area contributed by atoms with E-state index in [4.69, 9.17) is 9.97 Å². The number of imidazole rings is 1. The van der Waals surface area contributed by atoms with Gasteiger partial charge in [0.1, 0.15) is 0 Å². The molecule has 41 heavy (non-hydrogen) atoms. The van der Waals surface area contributed by atoms with Gasteiger partial charge in [-0.05, 0) is 75.2 Å². The Morgan fingerprint density at radius 1 is 1.17 bits per heavy atom. The predicted molar refractivity (Wildman–Crippen MR) is 175 cm³/mol. The quantitative estimate of drug-likeness (QED) is 0.313. The lowest BCUT2D eigenvalue weighted by Gasteiger charge is -2.44. The highest BCUT2D eigenvalue weighted by atomic mass is 32.2. The van der Waals surface area contributed by atoms with Gasteiger partial charge in [-0.25, -0.2) is 18.9 Å². The zero-order valence-corrected chi connectivity index (χ0v) is 27.2. The molecule has 0 radical (unpaired) electrons. The Morgan fingerprint density at radius 2 is 1.95 bits per heavy atom. The van der Waals surface area contributed by atoms with E-state index in [2.05, 4.69) is 69.8 Å². The fourth-order valence-corrected chi connectivity index (χ4v) is 9.50. The van der Waals surface area contributed by atoms with Gasteiger partial charge in [0, 0.05) is 54.0 Å². The van der Waals surface area contributed by atoms with Gasteiger partial charge in [0.05, 0.1) is 20.6 Å². The number of piperidine rings is 1. The average molecular weight is 608 g/mol. The molecule has 9 heteroatoms. The number of nitrogens with one attached hydrogen (secondary N) is 1. The minimum absolute atomic E-state index is 0.171. The van der Waals surface area contributed by atoms with Gasteiger partial charge in [-0.1, -0.05) is 55.1 Å². The molecule has 1 spiro atoms. The smallest absolute Gasteiger partial charge is 0.211 e. The maximum atomic E-state index is 12.9. The lowest BCUT2D eigenvalue weighted by molar-refractivity contribution is 0.185. The first-order valence-corrected chi connectivity index (χ1v) is 17.8. The molecule has 0 bridgehead atoms. The van der Waals surface area contributed by atoms with E-state index >= 15 is 0 Å². The molecule has 1 fully saturated rings. The highest BCUT2D eigenvalue weighted by molar-refractivity contribution is 8.06. The van der Waals surface area contributed by atoms with E-state index < -0.39 is 11.0 Å². The van der Waals surface area contributed by atoms with E-state index in [9.17, 15) is 4.21 Å². The van der Waals surface area contributed by atoms with Crippen LogP contribution in [0.3, 0.4) is 0 Å². The fourth-order valence-electron chi connectivity index (χ4n) is 6.69. The Kier molecular flexibility index (Phi) is 8.17. The van der Waals surface area contributed by atoms with E-state index in [1.165, 1.54) is 20.9 Å². The number of hydrogen-bond donors (Lipinski definition) is 1. The van der Waals surface area contributed by atoms with Crippen LogP contribution in [0.5, 0.6) is 0 Å². The van der Waals surface area contributed by atoms with Gasteiger partial charge in [0.25, 0.3) is 0 Å². The number of thioether (sulfide) groups is 2. The first kappa shape index (κ1) is 29.0. The third-order valence-electron chi connectivity index (χ3n) is 8.99. The Morgan fingerprint density at radius 3 is 2.71 bits per heavy atom. The van der Waals surface area contributed by atoms with E-state index in [1.807, 2.05) is 56.7 Å². The molecular formula is C32H41N5OS3. The summed E-state index contributed by atoms with van der Waals surface area (Å²) in [5.74, 6) is 1.84. The topological polar surface area (TPSA) is 62.5 Å². The Hall–Kier alpha value is -2.07. The maximum absolute atomic E-state index is 12.9. The van der Waals surface area contributed by atoms with Crippen molar-refractivity contribution < 1.29 is 4.21 Å². The molecular weight excluding hydrogens is 567 g/mol. The summed E-state index contributed by atoms with van der Waals surface area (Å²) in [5, 5.41) is 0. The van der Waals surface area contributed by atoms with Crippen molar-refractivity contribution in [3.63, 3.8) is 0 Å². The van der Waals surface area contributed by atoms with E-state index in [0.29, 0.717) is 11.8 Å². The van der Waals surface area contributed by atoms with Crippen LogP contribution in [0.15, 0.2) is 69.7 Å². The monoisotopic (exact) mass is 607 g/mol. The molecule has 1 aromatic carbocycles. The van der Waals surface area contributed by atoms with Crippen LogP contribution < -0.4 is 9.62 Å². The molecule has 0 saturated carbocycles. The summed E-state index contributed by atoms with van der Waals surface area (Å²) in [5.41, 5.74) is 4.04. The number of allylic oxidation sites excluding steroid dienone is 3. The first-order chi connectivity index (χ1) is 19.7. The summed E-state index contributed by atoms with van der Waals surface area (Å²) >= 11 is 3.64. The lowest BCUT2D eigenvalue weighted by Crippen LogP contribution is -2.46. The molecule has 1 aliphatic heterocycles. The van der Waals surface area contributed by atoms with E-state index in [1.54, 1.807) is 0 Å². The fraction of sp³-hybridized carbons (Fsp3) is 0.500. The van der Waals surface area contributed by atoms with Crippen LogP contribution in [0.25, 0.3) is 5.65 Å². The van der Waals surface area contributed by atoms with Gasteiger partial charge in [-0.3, -0.25) is 4.40 Å². The maximum Gasteiger partial charge on any atom is 0.211 e. The van der Waals surface area contributed by atoms with Crippen molar-refractivity contribution in [1.29, 1.82) is 0 Å². The second-order valence-electron chi connectivity index (χ2n) is 12.6. The molecule has 1 N–H and O–H groups in total. The van der Waals surface area contributed by atoms with Gasteiger partial charge in [0.2, 0.25) is 5.95 Å². The van der Waals surface area contributed by atoms with Crippen molar-refractivity contribution in [3.8, 4) is 0 Å². The zero-order valence-electron chi connectivity index (χ0n) is 24.7. The van der Waals surface area contributed by atoms with Crippen LogP contribution in [0.4, 0.5) is 5.95 Å². The SMILES string of the molecule is CSC1=C(Sc2cnc(N3CCC4(CC3)Cc3ccccc3C4CN[S@](=O)C(C)(C)C)n3ccnc23)C(C)CC=C1. The van der Waals surface area contributed by atoms with Gasteiger partial charge >= 0.3 is 0 Å². The molecule has 2 unspecified atom stereocenters.